The maximum atomic E-state index is 9.77. The van der Waals surface area contributed by atoms with E-state index < -0.39 is 5.54 Å². The van der Waals surface area contributed by atoms with Gasteiger partial charge in [-0.25, -0.2) is 0 Å². The first-order chi connectivity index (χ1) is 5.32. The summed E-state index contributed by atoms with van der Waals surface area (Å²) >= 11 is 0. The van der Waals surface area contributed by atoms with Gasteiger partial charge < -0.3 is 10.3 Å². The van der Waals surface area contributed by atoms with Crippen molar-refractivity contribution in [2.75, 3.05) is 0 Å². The van der Waals surface area contributed by atoms with Crippen LogP contribution >= 0.6 is 0 Å². The fourth-order valence-corrected chi connectivity index (χ4v) is 1.85. The van der Waals surface area contributed by atoms with Gasteiger partial charge >= 0.3 is 0 Å². The molecule has 1 rings (SSSR count). The van der Waals surface area contributed by atoms with Gasteiger partial charge in [-0.15, -0.1) is 0 Å². The van der Waals surface area contributed by atoms with Crippen LogP contribution in [0, 0.1) is 0 Å². The van der Waals surface area contributed by atoms with Crippen LogP contribution in [0.4, 0.5) is 0 Å². The summed E-state index contributed by atoms with van der Waals surface area (Å²) in [6, 6.07) is 0. The molecular formula is C9H17NO2. The molecule has 0 aromatic heterocycles. The number of nitrogens with zero attached hydrogens (tertiary/aromatic N) is 1. The zero-order valence-electron chi connectivity index (χ0n) is 8.13. The summed E-state index contributed by atoms with van der Waals surface area (Å²) in [5, 5.41) is 20.0. The highest BCUT2D eigenvalue weighted by molar-refractivity contribution is 5.24. The average Bonchev–Trinajstić information content (AvgIpc) is 2.11. The molecule has 12 heavy (non-hydrogen) atoms. The minimum absolute atomic E-state index is 0.280. The van der Waals surface area contributed by atoms with Crippen molar-refractivity contribution < 1.29 is 10.3 Å². The summed E-state index contributed by atoms with van der Waals surface area (Å²) < 4.78 is 0. The zero-order valence-corrected chi connectivity index (χ0v) is 8.13. The molecule has 0 aromatic carbocycles. The lowest BCUT2D eigenvalue weighted by atomic mass is 9.95. The molecule has 0 spiro atoms. The van der Waals surface area contributed by atoms with E-state index in [4.69, 9.17) is 5.11 Å². The van der Waals surface area contributed by atoms with Gasteiger partial charge in [0.25, 0.3) is 0 Å². The lowest BCUT2D eigenvalue weighted by molar-refractivity contribution is -0.187. The Labute approximate surface area is 73.3 Å². The molecule has 0 saturated carbocycles. The molecule has 0 aliphatic carbocycles. The Morgan fingerprint density at radius 3 is 2.00 bits per heavy atom. The highest BCUT2D eigenvalue weighted by atomic mass is 16.5. The predicted molar refractivity (Wildman–Crippen MR) is 47.1 cm³/mol. The smallest absolute Gasteiger partial charge is 0.0803 e. The molecular weight excluding hydrogens is 154 g/mol. The summed E-state index contributed by atoms with van der Waals surface area (Å²) in [5.74, 6) is 0. The van der Waals surface area contributed by atoms with Gasteiger partial charge in [-0.05, 0) is 39.7 Å². The highest BCUT2D eigenvalue weighted by Crippen LogP contribution is 2.42. The lowest BCUT2D eigenvalue weighted by Crippen LogP contribution is -2.45. The van der Waals surface area contributed by atoms with Crippen molar-refractivity contribution in [1.29, 1.82) is 0 Å². The van der Waals surface area contributed by atoms with Crippen molar-refractivity contribution in [1.82, 2.24) is 5.06 Å². The van der Waals surface area contributed by atoms with E-state index >= 15 is 0 Å². The highest BCUT2D eigenvalue weighted by Gasteiger charge is 2.47. The van der Waals surface area contributed by atoms with Crippen LogP contribution in [0.25, 0.3) is 0 Å². The van der Waals surface area contributed by atoms with Crippen molar-refractivity contribution in [2.24, 2.45) is 0 Å². The molecule has 1 fully saturated rings. The van der Waals surface area contributed by atoms with E-state index in [0.717, 1.165) is 11.8 Å². The molecule has 1 aliphatic rings. The summed E-state index contributed by atoms with van der Waals surface area (Å²) in [6.45, 7) is 7.68. The topological polar surface area (TPSA) is 43.7 Å². The quantitative estimate of drug-likeness (QED) is 0.548. The summed E-state index contributed by atoms with van der Waals surface area (Å²) in [7, 11) is 0. The second kappa shape index (κ2) is 2.47. The summed E-state index contributed by atoms with van der Waals surface area (Å²) in [5.41, 5.74) is 0.144. The van der Waals surface area contributed by atoms with Crippen LogP contribution in [-0.2, 0) is 0 Å². The normalized spacial score (nSPS) is 31.2. The number of hydroxylamine groups is 2. The van der Waals surface area contributed by atoms with Crippen LogP contribution in [0.5, 0.6) is 0 Å². The molecule has 0 radical (unpaired) electrons. The predicted octanol–water partition coefficient (Wildman–Crippen LogP) is 2.08. The van der Waals surface area contributed by atoms with Gasteiger partial charge in [0.05, 0.1) is 11.8 Å². The van der Waals surface area contributed by atoms with E-state index in [0.29, 0.717) is 6.42 Å². The molecule has 70 valence electrons. The van der Waals surface area contributed by atoms with Crippen LogP contribution in [-0.4, -0.2) is 26.5 Å². The third kappa shape index (κ3) is 1.13. The summed E-state index contributed by atoms with van der Waals surface area (Å²) in [6.07, 6.45) is 1.81. The van der Waals surface area contributed by atoms with Crippen molar-refractivity contribution >= 4 is 0 Å². The van der Waals surface area contributed by atoms with E-state index in [1.54, 1.807) is 0 Å². The van der Waals surface area contributed by atoms with Crippen molar-refractivity contribution in [3.63, 3.8) is 0 Å². The van der Waals surface area contributed by atoms with Crippen LogP contribution in [0.1, 0.15) is 34.1 Å². The van der Waals surface area contributed by atoms with E-state index in [1.165, 1.54) is 5.06 Å². The average molecular weight is 171 g/mol. The van der Waals surface area contributed by atoms with Crippen LogP contribution in [0.2, 0.25) is 0 Å². The van der Waals surface area contributed by atoms with Gasteiger partial charge in [0.15, 0.2) is 0 Å². The second-order valence-electron chi connectivity index (χ2n) is 4.51. The van der Waals surface area contributed by atoms with Crippen LogP contribution in [0.15, 0.2) is 11.8 Å². The molecule has 0 aromatic rings. The molecule has 1 aliphatic heterocycles. The van der Waals surface area contributed by atoms with Gasteiger partial charge in [-0.1, -0.05) is 0 Å². The second-order valence-corrected chi connectivity index (χ2v) is 4.51. The summed E-state index contributed by atoms with van der Waals surface area (Å²) in [4.78, 5) is 0. The standard InChI is InChI=1S/C9H17NO2/c1-8(2)5-7(6-11)9(3,4)10(8)12/h6,11-12H,5H2,1-4H3. The molecule has 3 nitrogen and oxygen atoms in total. The Morgan fingerprint density at radius 1 is 1.33 bits per heavy atom. The molecule has 0 amide bonds. The first-order valence-electron chi connectivity index (χ1n) is 4.15. The van der Waals surface area contributed by atoms with Crippen molar-refractivity contribution in [2.45, 2.75) is 45.2 Å². The number of rotatable bonds is 0. The molecule has 1 saturated heterocycles. The Kier molecular flexibility index (Phi) is 1.97. The molecule has 2 N–H and O–H groups in total. The van der Waals surface area contributed by atoms with E-state index in [9.17, 15) is 5.21 Å². The minimum atomic E-state index is -0.446. The Bertz CT molecular complexity index is 219. The zero-order chi connectivity index (χ0) is 9.57. The molecule has 1 heterocycles. The molecule has 0 bridgehead atoms. The third-order valence-corrected chi connectivity index (χ3v) is 2.67. The number of hydrogen-bond donors (Lipinski definition) is 2. The first kappa shape index (κ1) is 9.55. The van der Waals surface area contributed by atoms with E-state index in [2.05, 4.69) is 0 Å². The van der Waals surface area contributed by atoms with Crippen molar-refractivity contribution in [3.8, 4) is 0 Å². The van der Waals surface area contributed by atoms with Crippen LogP contribution < -0.4 is 0 Å². The maximum Gasteiger partial charge on any atom is 0.0803 e. The minimum Gasteiger partial charge on any atom is -0.516 e. The van der Waals surface area contributed by atoms with Crippen LogP contribution in [0.3, 0.4) is 0 Å². The van der Waals surface area contributed by atoms with Gasteiger partial charge in [0.1, 0.15) is 0 Å². The third-order valence-electron chi connectivity index (χ3n) is 2.67. The molecule has 0 atom stereocenters. The van der Waals surface area contributed by atoms with Gasteiger partial charge in [0.2, 0.25) is 0 Å². The van der Waals surface area contributed by atoms with Crippen molar-refractivity contribution in [3.05, 3.63) is 11.8 Å². The number of aliphatic hydroxyl groups is 1. The largest absolute Gasteiger partial charge is 0.516 e. The Hall–Kier alpha value is -0.540. The molecule has 0 unspecified atom stereocenters. The fraction of sp³-hybridized carbons (Fsp3) is 0.778. The SMILES string of the molecule is CC1(C)CC(=CO)C(C)(C)N1O. The van der Waals surface area contributed by atoms with Gasteiger partial charge in [-0.2, -0.15) is 5.06 Å². The fourth-order valence-electron chi connectivity index (χ4n) is 1.85. The molecule has 3 heteroatoms. The number of hydrogen-bond acceptors (Lipinski definition) is 3. The Morgan fingerprint density at radius 2 is 1.83 bits per heavy atom. The maximum absolute atomic E-state index is 9.77. The monoisotopic (exact) mass is 171 g/mol. The first-order valence-corrected chi connectivity index (χ1v) is 4.15. The number of aliphatic hydroxyl groups excluding tert-OH is 1. The van der Waals surface area contributed by atoms with E-state index in [1.807, 2.05) is 27.7 Å². The van der Waals surface area contributed by atoms with Gasteiger partial charge in [0, 0.05) is 5.54 Å². The lowest BCUT2D eigenvalue weighted by Gasteiger charge is -2.33. The Balaban J connectivity index is 3.05. The van der Waals surface area contributed by atoms with E-state index in [-0.39, 0.29) is 5.54 Å². The van der Waals surface area contributed by atoms with Gasteiger partial charge in [-0.3, -0.25) is 0 Å².